The minimum Gasteiger partial charge on any atom is -0.378 e. The Morgan fingerprint density at radius 1 is 1.25 bits per heavy atom. The molecule has 2 heterocycles. The number of nitrogens with zero attached hydrogens (tertiary/aromatic N) is 2. The number of amides is 1. The Bertz CT molecular complexity index is 945. The molecule has 2 N–H and O–H groups in total. The first-order chi connectivity index (χ1) is 13.4. The molecule has 0 radical (unpaired) electrons. The van der Waals surface area contributed by atoms with E-state index in [0.717, 1.165) is 24.5 Å². The summed E-state index contributed by atoms with van der Waals surface area (Å²) in [5.41, 5.74) is 1.04. The van der Waals surface area contributed by atoms with Crippen molar-refractivity contribution >= 4 is 33.3 Å². The molecule has 8 nitrogen and oxygen atoms in total. The van der Waals surface area contributed by atoms with E-state index >= 15 is 0 Å². The second-order valence-corrected chi connectivity index (χ2v) is 8.42. The molecule has 0 aliphatic carbocycles. The summed E-state index contributed by atoms with van der Waals surface area (Å²) in [7, 11) is -2.47. The highest BCUT2D eigenvalue weighted by Crippen LogP contribution is 2.22. The van der Waals surface area contributed by atoms with Gasteiger partial charge in [0.1, 0.15) is 10.7 Å². The van der Waals surface area contributed by atoms with E-state index in [9.17, 15) is 13.2 Å². The van der Waals surface area contributed by atoms with Gasteiger partial charge in [-0.2, -0.15) is 0 Å². The van der Waals surface area contributed by atoms with Crippen LogP contribution in [-0.4, -0.2) is 52.7 Å². The number of hydrogen-bond donors (Lipinski definition) is 2. The number of ether oxygens (including phenoxy) is 1. The van der Waals surface area contributed by atoms with E-state index in [-0.39, 0.29) is 22.0 Å². The summed E-state index contributed by atoms with van der Waals surface area (Å²) in [6.45, 7) is 3.25. The lowest BCUT2D eigenvalue weighted by molar-refractivity contribution is 0.0950. The molecule has 1 saturated heterocycles. The zero-order valence-corrected chi connectivity index (χ0v) is 16.9. The summed E-state index contributed by atoms with van der Waals surface area (Å²) >= 11 is 5.95. The maximum Gasteiger partial charge on any atom is 0.251 e. The lowest BCUT2D eigenvalue weighted by atomic mass is 10.2. The molecule has 1 aliphatic rings. The van der Waals surface area contributed by atoms with Crippen molar-refractivity contribution in [1.82, 2.24) is 15.0 Å². The number of sulfonamides is 1. The summed E-state index contributed by atoms with van der Waals surface area (Å²) in [6, 6.07) is 7.93. The fraction of sp³-hybridized carbons (Fsp3) is 0.333. The quantitative estimate of drug-likeness (QED) is 0.727. The maximum absolute atomic E-state index is 12.4. The van der Waals surface area contributed by atoms with Gasteiger partial charge in [0.05, 0.1) is 18.2 Å². The topological polar surface area (TPSA) is 101 Å². The van der Waals surface area contributed by atoms with Crippen LogP contribution < -0.4 is 14.9 Å². The monoisotopic (exact) mass is 424 g/mol. The Balaban J connectivity index is 1.65. The summed E-state index contributed by atoms with van der Waals surface area (Å²) in [6.07, 6.45) is 1.71. The SMILES string of the molecule is CNS(=O)(=O)c1cc(C(=O)NCc2ccc(N3CCOCC3)nc2)ccc1Cl. The van der Waals surface area contributed by atoms with Gasteiger partial charge in [-0.3, -0.25) is 4.79 Å². The fourth-order valence-electron chi connectivity index (χ4n) is 2.75. The second kappa shape index (κ2) is 8.87. The number of hydrogen-bond acceptors (Lipinski definition) is 6. The smallest absolute Gasteiger partial charge is 0.251 e. The van der Waals surface area contributed by atoms with Crippen molar-refractivity contribution in [1.29, 1.82) is 0 Å². The van der Waals surface area contributed by atoms with E-state index in [4.69, 9.17) is 16.3 Å². The van der Waals surface area contributed by atoms with Crippen molar-refractivity contribution in [2.24, 2.45) is 0 Å². The van der Waals surface area contributed by atoms with E-state index in [0.29, 0.717) is 13.2 Å². The van der Waals surface area contributed by atoms with Crippen LogP contribution in [0.5, 0.6) is 0 Å². The van der Waals surface area contributed by atoms with Crippen molar-refractivity contribution in [2.45, 2.75) is 11.4 Å². The molecule has 0 spiro atoms. The molecule has 3 rings (SSSR count). The van der Waals surface area contributed by atoms with Gasteiger partial charge in [0.25, 0.3) is 5.91 Å². The molecule has 1 aliphatic heterocycles. The standard InChI is InChI=1S/C18H21ClN4O4S/c1-20-28(25,26)16-10-14(3-4-15(16)19)18(24)22-12-13-2-5-17(21-11-13)23-6-8-27-9-7-23/h2-5,10-11,20H,6-9,12H2,1H3,(H,22,24). The highest BCUT2D eigenvalue weighted by atomic mass is 35.5. The molecule has 1 aromatic heterocycles. The van der Waals surface area contributed by atoms with Crippen molar-refractivity contribution < 1.29 is 17.9 Å². The van der Waals surface area contributed by atoms with Gasteiger partial charge in [-0.05, 0) is 36.9 Å². The average molecular weight is 425 g/mol. The Morgan fingerprint density at radius 2 is 2.00 bits per heavy atom. The number of benzene rings is 1. The van der Waals surface area contributed by atoms with Crippen LogP contribution in [0.3, 0.4) is 0 Å². The Morgan fingerprint density at radius 3 is 2.64 bits per heavy atom. The van der Waals surface area contributed by atoms with Gasteiger partial charge >= 0.3 is 0 Å². The lowest BCUT2D eigenvalue weighted by Gasteiger charge is -2.27. The predicted octanol–water partition coefficient (Wildman–Crippen LogP) is 1.41. The normalized spacial score (nSPS) is 14.7. The van der Waals surface area contributed by atoms with Crippen LogP contribution in [0.25, 0.3) is 0 Å². The van der Waals surface area contributed by atoms with Crippen molar-refractivity contribution in [2.75, 3.05) is 38.3 Å². The second-order valence-electron chi connectivity index (χ2n) is 6.16. The van der Waals surface area contributed by atoms with Crippen molar-refractivity contribution in [3.05, 3.63) is 52.7 Å². The molecule has 1 amide bonds. The molecule has 28 heavy (non-hydrogen) atoms. The van der Waals surface area contributed by atoms with Crippen LogP contribution in [0.4, 0.5) is 5.82 Å². The highest BCUT2D eigenvalue weighted by Gasteiger charge is 2.18. The third-order valence-electron chi connectivity index (χ3n) is 4.35. The number of anilines is 1. The van der Waals surface area contributed by atoms with Crippen LogP contribution in [0, 0.1) is 0 Å². The summed E-state index contributed by atoms with van der Waals surface area (Å²) in [5, 5.41) is 2.81. The molecule has 2 aromatic rings. The van der Waals surface area contributed by atoms with Gasteiger partial charge in [-0.1, -0.05) is 17.7 Å². The summed E-state index contributed by atoms with van der Waals surface area (Å²) in [4.78, 5) is 18.8. The minimum absolute atomic E-state index is 0.0498. The largest absolute Gasteiger partial charge is 0.378 e. The maximum atomic E-state index is 12.4. The van der Waals surface area contributed by atoms with E-state index < -0.39 is 15.9 Å². The van der Waals surface area contributed by atoms with Crippen molar-refractivity contribution in [3.8, 4) is 0 Å². The van der Waals surface area contributed by atoms with Gasteiger partial charge in [0, 0.05) is 31.4 Å². The third-order valence-corrected chi connectivity index (χ3v) is 6.24. The predicted molar refractivity (Wildman–Crippen MR) is 106 cm³/mol. The first-order valence-electron chi connectivity index (χ1n) is 8.69. The summed E-state index contributed by atoms with van der Waals surface area (Å²) in [5.74, 6) is 0.472. The van der Waals surface area contributed by atoms with Crippen LogP contribution in [0.15, 0.2) is 41.4 Å². The van der Waals surface area contributed by atoms with Gasteiger partial charge in [-0.15, -0.1) is 0 Å². The number of carbonyl (C=O) groups is 1. The zero-order valence-electron chi connectivity index (χ0n) is 15.3. The molecular weight excluding hydrogens is 404 g/mol. The number of morpholine rings is 1. The Hall–Kier alpha value is -2.20. The molecule has 0 unspecified atom stereocenters. The molecular formula is C18H21ClN4O4S. The molecule has 150 valence electrons. The van der Waals surface area contributed by atoms with Crippen LogP contribution in [-0.2, 0) is 21.3 Å². The number of carbonyl (C=O) groups excluding carboxylic acids is 1. The van der Waals surface area contributed by atoms with Crippen LogP contribution >= 0.6 is 11.6 Å². The molecule has 1 fully saturated rings. The zero-order chi connectivity index (χ0) is 20.1. The van der Waals surface area contributed by atoms with E-state index in [1.807, 2.05) is 12.1 Å². The third kappa shape index (κ3) is 4.79. The van der Waals surface area contributed by atoms with Crippen molar-refractivity contribution in [3.63, 3.8) is 0 Å². The Labute approximate surface area is 168 Å². The Kier molecular flexibility index (Phi) is 6.50. The lowest BCUT2D eigenvalue weighted by Crippen LogP contribution is -2.36. The molecule has 10 heteroatoms. The number of aromatic nitrogens is 1. The van der Waals surface area contributed by atoms with E-state index in [2.05, 4.69) is 19.9 Å². The van der Waals surface area contributed by atoms with Crippen LogP contribution in [0.2, 0.25) is 5.02 Å². The molecule has 0 saturated carbocycles. The number of nitrogens with one attached hydrogen (secondary N) is 2. The van der Waals surface area contributed by atoms with Crippen LogP contribution in [0.1, 0.15) is 15.9 Å². The van der Waals surface area contributed by atoms with Gasteiger partial charge in [0.15, 0.2) is 0 Å². The minimum atomic E-state index is -3.75. The van der Waals surface area contributed by atoms with Gasteiger partial charge in [0.2, 0.25) is 10.0 Å². The van der Waals surface area contributed by atoms with E-state index in [1.165, 1.54) is 25.2 Å². The average Bonchev–Trinajstić information content (AvgIpc) is 2.73. The van der Waals surface area contributed by atoms with E-state index in [1.54, 1.807) is 6.20 Å². The number of pyridine rings is 1. The van der Waals surface area contributed by atoms with Gasteiger partial charge < -0.3 is 15.0 Å². The molecule has 0 atom stereocenters. The first kappa shape index (κ1) is 20.5. The summed E-state index contributed by atoms with van der Waals surface area (Å²) < 4.78 is 31.5. The molecule has 0 bridgehead atoms. The van der Waals surface area contributed by atoms with Gasteiger partial charge in [-0.25, -0.2) is 18.1 Å². The fourth-order valence-corrected chi connectivity index (χ4v) is 3.99. The number of halogens is 1. The first-order valence-corrected chi connectivity index (χ1v) is 10.6. The molecule has 1 aromatic carbocycles. The highest BCUT2D eigenvalue weighted by molar-refractivity contribution is 7.89. The number of rotatable bonds is 6.